The predicted octanol–water partition coefficient (Wildman–Crippen LogP) is 2.66. The largest absolute Gasteiger partial charge is 0.399 e. The molecule has 0 bridgehead atoms. The van der Waals surface area contributed by atoms with E-state index in [9.17, 15) is 8.42 Å². The van der Waals surface area contributed by atoms with Gasteiger partial charge < -0.3 is 5.73 Å². The third-order valence-corrected chi connectivity index (χ3v) is 5.05. The molecule has 0 spiro atoms. The first-order valence-electron chi connectivity index (χ1n) is 4.99. The molecule has 2 aromatic rings. The van der Waals surface area contributed by atoms with Crippen molar-refractivity contribution in [2.45, 2.75) is 4.90 Å². The molecular weight excluding hydrogens is 306 g/mol. The van der Waals surface area contributed by atoms with E-state index in [-0.39, 0.29) is 20.5 Å². The summed E-state index contributed by atoms with van der Waals surface area (Å²) in [4.78, 5) is -0.0827. The Balaban J connectivity index is 2.41. The number of anilines is 2. The zero-order chi connectivity index (χ0) is 14.0. The minimum absolute atomic E-state index is 0.0302. The summed E-state index contributed by atoms with van der Waals surface area (Å²) in [5.74, 6) is 0. The molecule has 3 N–H and O–H groups in total. The van der Waals surface area contributed by atoms with E-state index in [1.54, 1.807) is 5.38 Å². The highest BCUT2D eigenvalue weighted by Crippen LogP contribution is 2.29. The second kappa shape index (κ2) is 5.09. The van der Waals surface area contributed by atoms with E-state index in [0.29, 0.717) is 5.69 Å². The molecule has 98 valence electrons. The fraction of sp³-hybridized carbons (Fsp3) is 0. The Morgan fingerprint density at radius 1 is 1.37 bits per heavy atom. The highest BCUT2D eigenvalue weighted by atomic mass is 35.5. The molecule has 0 fully saturated rings. The van der Waals surface area contributed by atoms with Gasteiger partial charge >= 0.3 is 0 Å². The van der Waals surface area contributed by atoms with Crippen LogP contribution in [0.5, 0.6) is 0 Å². The van der Waals surface area contributed by atoms with Crippen LogP contribution in [0, 0.1) is 11.3 Å². The van der Waals surface area contributed by atoms with Crippen molar-refractivity contribution >= 4 is 43.6 Å². The molecule has 0 saturated carbocycles. The van der Waals surface area contributed by atoms with Gasteiger partial charge in [-0.15, -0.1) is 11.3 Å². The van der Waals surface area contributed by atoms with Crippen LogP contribution in [-0.2, 0) is 10.0 Å². The van der Waals surface area contributed by atoms with Gasteiger partial charge in [-0.1, -0.05) is 11.6 Å². The predicted molar refractivity (Wildman–Crippen MR) is 75.7 cm³/mol. The number of halogens is 1. The monoisotopic (exact) mass is 313 g/mol. The minimum atomic E-state index is -3.84. The maximum atomic E-state index is 12.2. The first-order chi connectivity index (χ1) is 8.94. The van der Waals surface area contributed by atoms with Crippen molar-refractivity contribution in [1.29, 1.82) is 5.26 Å². The quantitative estimate of drug-likeness (QED) is 0.851. The molecular formula is C11H8ClN3O2S2. The molecule has 0 unspecified atom stereocenters. The van der Waals surface area contributed by atoms with Crippen LogP contribution in [0.3, 0.4) is 0 Å². The van der Waals surface area contributed by atoms with Gasteiger partial charge in [0.15, 0.2) is 0 Å². The van der Waals surface area contributed by atoms with Crippen LogP contribution in [0.2, 0.25) is 5.02 Å². The number of nitrogens with two attached hydrogens (primary N) is 1. The Morgan fingerprint density at radius 3 is 2.74 bits per heavy atom. The van der Waals surface area contributed by atoms with Crippen molar-refractivity contribution < 1.29 is 8.42 Å². The van der Waals surface area contributed by atoms with E-state index in [4.69, 9.17) is 22.6 Å². The van der Waals surface area contributed by atoms with Gasteiger partial charge in [0, 0.05) is 5.69 Å². The van der Waals surface area contributed by atoms with E-state index >= 15 is 0 Å². The van der Waals surface area contributed by atoms with Gasteiger partial charge in [0.2, 0.25) is 0 Å². The van der Waals surface area contributed by atoms with Gasteiger partial charge in [0.25, 0.3) is 10.0 Å². The van der Waals surface area contributed by atoms with Gasteiger partial charge in [0.1, 0.15) is 16.0 Å². The molecule has 1 heterocycles. The van der Waals surface area contributed by atoms with Gasteiger partial charge in [-0.05, 0) is 29.6 Å². The zero-order valence-corrected chi connectivity index (χ0v) is 11.8. The molecule has 0 atom stereocenters. The van der Waals surface area contributed by atoms with Gasteiger partial charge in [-0.3, -0.25) is 4.72 Å². The van der Waals surface area contributed by atoms with Crippen LogP contribution in [0.25, 0.3) is 0 Å². The molecule has 0 aliphatic heterocycles. The number of nitrogens with zero attached hydrogens (tertiary/aromatic N) is 1. The lowest BCUT2D eigenvalue weighted by molar-refractivity contribution is 0.601. The first-order valence-corrected chi connectivity index (χ1v) is 7.73. The highest BCUT2D eigenvalue weighted by molar-refractivity contribution is 7.93. The molecule has 0 aliphatic rings. The minimum Gasteiger partial charge on any atom is -0.399 e. The summed E-state index contributed by atoms with van der Waals surface area (Å²) < 4.78 is 26.7. The van der Waals surface area contributed by atoms with E-state index in [2.05, 4.69) is 4.72 Å². The number of hydrogen-bond acceptors (Lipinski definition) is 5. The molecule has 1 aromatic heterocycles. The third-order valence-electron chi connectivity index (χ3n) is 2.26. The number of sulfonamides is 1. The Bertz CT molecular complexity index is 762. The fourth-order valence-corrected chi connectivity index (χ4v) is 4.01. The summed E-state index contributed by atoms with van der Waals surface area (Å²) >= 11 is 6.99. The Hall–Kier alpha value is -1.75. The number of nitrogens with one attached hydrogen (secondary N) is 1. The van der Waals surface area contributed by atoms with Crippen molar-refractivity contribution in [3.05, 3.63) is 40.2 Å². The summed E-state index contributed by atoms with van der Waals surface area (Å²) in [5, 5.41) is 10.8. The molecule has 0 aliphatic carbocycles. The lowest BCUT2D eigenvalue weighted by atomic mass is 10.3. The maximum absolute atomic E-state index is 12.2. The molecule has 2 rings (SSSR count). The van der Waals surface area contributed by atoms with E-state index < -0.39 is 10.0 Å². The van der Waals surface area contributed by atoms with Crippen LogP contribution >= 0.6 is 22.9 Å². The normalized spacial score (nSPS) is 10.9. The lowest BCUT2D eigenvalue weighted by Gasteiger charge is -2.08. The van der Waals surface area contributed by atoms with Crippen LogP contribution in [-0.4, -0.2) is 8.42 Å². The smallest absolute Gasteiger partial charge is 0.264 e. The summed E-state index contributed by atoms with van der Waals surface area (Å²) in [6.07, 6.45) is 0. The third kappa shape index (κ3) is 2.81. The molecule has 5 nitrogen and oxygen atoms in total. The first kappa shape index (κ1) is 13.7. The number of hydrogen-bond donors (Lipinski definition) is 2. The van der Waals surface area contributed by atoms with E-state index in [1.807, 2.05) is 6.07 Å². The number of thiophene rings is 1. The molecule has 8 heteroatoms. The fourth-order valence-electron chi connectivity index (χ4n) is 1.39. The molecule has 1 aromatic carbocycles. The van der Waals surface area contributed by atoms with Gasteiger partial charge in [-0.25, -0.2) is 8.42 Å². The lowest BCUT2D eigenvalue weighted by Crippen LogP contribution is -2.13. The van der Waals surface area contributed by atoms with Crippen molar-refractivity contribution in [3.8, 4) is 6.07 Å². The number of benzene rings is 1. The number of nitrogen functional groups attached to an aromatic ring is 1. The zero-order valence-electron chi connectivity index (χ0n) is 9.42. The second-order valence-corrected chi connectivity index (χ2v) is 6.54. The van der Waals surface area contributed by atoms with Crippen LogP contribution in [0.4, 0.5) is 10.7 Å². The van der Waals surface area contributed by atoms with Crippen molar-refractivity contribution in [2.24, 2.45) is 0 Å². The van der Waals surface area contributed by atoms with E-state index in [0.717, 1.165) is 11.3 Å². The standard InChI is InChI=1S/C11H8ClN3O2S2/c12-9-5-8(14)1-2-10(9)19(16,17)15-11-7(6-13)3-4-18-11/h1-5,15H,14H2. The van der Waals surface area contributed by atoms with Crippen molar-refractivity contribution in [1.82, 2.24) is 0 Å². The van der Waals surface area contributed by atoms with Crippen LogP contribution < -0.4 is 10.5 Å². The second-order valence-electron chi connectivity index (χ2n) is 3.57. The summed E-state index contributed by atoms with van der Waals surface area (Å²) in [5.41, 5.74) is 6.15. The summed E-state index contributed by atoms with van der Waals surface area (Å²) in [7, 11) is -3.84. The SMILES string of the molecule is N#Cc1ccsc1NS(=O)(=O)c1ccc(N)cc1Cl. The van der Waals surface area contributed by atoms with Crippen molar-refractivity contribution in [2.75, 3.05) is 10.5 Å². The van der Waals surface area contributed by atoms with Gasteiger partial charge in [-0.2, -0.15) is 5.26 Å². The highest BCUT2D eigenvalue weighted by Gasteiger charge is 2.20. The van der Waals surface area contributed by atoms with Crippen LogP contribution in [0.15, 0.2) is 34.5 Å². The Morgan fingerprint density at radius 2 is 2.11 bits per heavy atom. The summed E-state index contributed by atoms with van der Waals surface area (Å²) in [6.45, 7) is 0. The molecule has 0 radical (unpaired) electrons. The van der Waals surface area contributed by atoms with Crippen molar-refractivity contribution in [3.63, 3.8) is 0 Å². The Labute approximate surface area is 119 Å². The molecule has 0 amide bonds. The maximum Gasteiger partial charge on any atom is 0.264 e. The van der Waals surface area contributed by atoms with E-state index in [1.165, 1.54) is 24.3 Å². The number of rotatable bonds is 3. The average Bonchev–Trinajstić information content (AvgIpc) is 2.74. The number of nitriles is 1. The Kier molecular flexibility index (Phi) is 3.66. The molecule has 19 heavy (non-hydrogen) atoms. The average molecular weight is 314 g/mol. The van der Waals surface area contributed by atoms with Gasteiger partial charge in [0.05, 0.1) is 10.6 Å². The molecule has 0 saturated heterocycles. The summed E-state index contributed by atoms with van der Waals surface area (Å²) in [6, 6.07) is 7.56. The topological polar surface area (TPSA) is 96.0 Å². The van der Waals surface area contributed by atoms with Crippen LogP contribution in [0.1, 0.15) is 5.56 Å².